The van der Waals surface area contributed by atoms with Crippen molar-refractivity contribution in [3.8, 4) is 0 Å². The number of nitrogens with one attached hydrogen (secondary N) is 1. The van der Waals surface area contributed by atoms with Crippen LogP contribution in [0, 0.1) is 11.6 Å². The number of rotatable bonds is 4. The van der Waals surface area contributed by atoms with Crippen LogP contribution in [0.15, 0.2) is 36.4 Å². The summed E-state index contributed by atoms with van der Waals surface area (Å²) in [5.74, 6) is -1.70. The molecule has 1 unspecified atom stereocenters. The fourth-order valence-corrected chi connectivity index (χ4v) is 2.78. The fraction of sp³-hybridized carbons (Fsp3) is 0.200. The summed E-state index contributed by atoms with van der Waals surface area (Å²) in [5.41, 5.74) is 0.960. The molecule has 0 aliphatic rings. The van der Waals surface area contributed by atoms with Crippen LogP contribution in [0.1, 0.15) is 17.2 Å². The van der Waals surface area contributed by atoms with Crippen LogP contribution >= 0.6 is 23.2 Å². The van der Waals surface area contributed by atoms with Crippen LogP contribution in [0.25, 0.3) is 0 Å². The molecule has 106 valence electrons. The summed E-state index contributed by atoms with van der Waals surface area (Å²) < 4.78 is 27.0. The first-order chi connectivity index (χ1) is 9.54. The molecule has 0 spiro atoms. The van der Waals surface area contributed by atoms with Gasteiger partial charge in [-0.25, -0.2) is 8.78 Å². The van der Waals surface area contributed by atoms with Gasteiger partial charge in [-0.3, -0.25) is 0 Å². The molecule has 1 atom stereocenters. The summed E-state index contributed by atoms with van der Waals surface area (Å²) in [6, 6.07) is 9.00. The molecule has 0 aliphatic carbocycles. The van der Waals surface area contributed by atoms with Crippen LogP contribution in [0.2, 0.25) is 10.0 Å². The third kappa shape index (κ3) is 3.11. The summed E-state index contributed by atoms with van der Waals surface area (Å²) >= 11 is 12.3. The topological polar surface area (TPSA) is 12.0 Å². The Morgan fingerprint density at radius 3 is 2.25 bits per heavy atom. The highest BCUT2D eigenvalue weighted by Gasteiger charge is 2.19. The van der Waals surface area contributed by atoms with Gasteiger partial charge in [0.2, 0.25) is 0 Å². The molecule has 0 saturated heterocycles. The van der Waals surface area contributed by atoms with Gasteiger partial charge in [0.1, 0.15) is 0 Å². The molecule has 2 aromatic carbocycles. The SMILES string of the molecule is CNC(Cc1cccc(F)c1F)c1c(Cl)cccc1Cl. The molecule has 0 heterocycles. The van der Waals surface area contributed by atoms with E-state index in [-0.39, 0.29) is 18.0 Å². The molecule has 20 heavy (non-hydrogen) atoms. The number of likely N-dealkylation sites (N-methyl/N-ethyl adjacent to an activating group) is 1. The van der Waals surface area contributed by atoms with Gasteiger partial charge in [-0.15, -0.1) is 0 Å². The van der Waals surface area contributed by atoms with Gasteiger partial charge >= 0.3 is 0 Å². The molecule has 2 aromatic rings. The summed E-state index contributed by atoms with van der Waals surface area (Å²) in [6.07, 6.45) is 0.254. The van der Waals surface area contributed by atoms with E-state index in [1.165, 1.54) is 6.07 Å². The van der Waals surface area contributed by atoms with Gasteiger partial charge in [-0.2, -0.15) is 0 Å². The first-order valence-corrected chi connectivity index (χ1v) is 6.84. The van der Waals surface area contributed by atoms with E-state index in [0.717, 1.165) is 6.07 Å². The number of hydrogen-bond acceptors (Lipinski definition) is 1. The lowest BCUT2D eigenvalue weighted by molar-refractivity contribution is 0.487. The Balaban J connectivity index is 2.37. The van der Waals surface area contributed by atoms with Crippen LogP contribution in [0.4, 0.5) is 8.78 Å². The summed E-state index contributed by atoms with van der Waals surface area (Å²) in [6.45, 7) is 0. The molecule has 1 nitrogen and oxygen atoms in total. The Bertz CT molecular complexity index is 597. The number of halogens is 4. The van der Waals surface area contributed by atoms with Gasteiger partial charge in [0.05, 0.1) is 0 Å². The second-order valence-corrected chi connectivity index (χ2v) is 5.21. The number of benzene rings is 2. The molecule has 0 radical (unpaired) electrons. The minimum absolute atomic E-state index is 0.254. The van der Waals surface area contributed by atoms with Gasteiger partial charge < -0.3 is 5.32 Å². The Labute approximate surface area is 126 Å². The van der Waals surface area contributed by atoms with Gasteiger partial charge in [0.15, 0.2) is 11.6 Å². The van der Waals surface area contributed by atoms with E-state index in [1.807, 2.05) is 0 Å². The molecular weight excluding hydrogens is 303 g/mol. The number of hydrogen-bond donors (Lipinski definition) is 1. The van der Waals surface area contributed by atoms with Crippen LogP contribution in [-0.2, 0) is 6.42 Å². The highest BCUT2D eigenvalue weighted by Crippen LogP contribution is 2.32. The van der Waals surface area contributed by atoms with Crippen molar-refractivity contribution in [1.29, 1.82) is 0 Å². The first-order valence-electron chi connectivity index (χ1n) is 6.08. The van der Waals surface area contributed by atoms with Crippen molar-refractivity contribution in [1.82, 2.24) is 5.32 Å². The Hall–Kier alpha value is -1.16. The smallest absolute Gasteiger partial charge is 0.162 e. The summed E-state index contributed by atoms with van der Waals surface area (Å²) in [5, 5.41) is 4.03. The lowest BCUT2D eigenvalue weighted by Gasteiger charge is -2.20. The highest BCUT2D eigenvalue weighted by atomic mass is 35.5. The molecule has 0 aliphatic heterocycles. The monoisotopic (exact) mass is 315 g/mol. The molecule has 0 saturated carbocycles. The van der Waals surface area contributed by atoms with Gasteiger partial charge in [0, 0.05) is 21.7 Å². The third-order valence-corrected chi connectivity index (χ3v) is 3.81. The molecular formula is C15H13Cl2F2N. The maximum Gasteiger partial charge on any atom is 0.162 e. The second kappa shape index (κ2) is 6.53. The van der Waals surface area contributed by atoms with E-state index in [9.17, 15) is 8.78 Å². The predicted molar refractivity (Wildman–Crippen MR) is 78.3 cm³/mol. The molecule has 0 fully saturated rings. The quantitative estimate of drug-likeness (QED) is 0.856. The van der Waals surface area contributed by atoms with E-state index in [1.54, 1.807) is 31.3 Å². The second-order valence-electron chi connectivity index (χ2n) is 4.39. The van der Waals surface area contributed by atoms with Crippen molar-refractivity contribution < 1.29 is 8.78 Å². The summed E-state index contributed by atoms with van der Waals surface area (Å²) in [4.78, 5) is 0. The van der Waals surface area contributed by atoms with E-state index < -0.39 is 11.6 Å². The van der Waals surface area contributed by atoms with Gasteiger partial charge in [-0.05, 0) is 37.2 Å². The largest absolute Gasteiger partial charge is 0.313 e. The molecule has 5 heteroatoms. The predicted octanol–water partition coefficient (Wildman–Crippen LogP) is 4.77. The Kier molecular flexibility index (Phi) is 4.97. The van der Waals surface area contributed by atoms with Gasteiger partial charge in [-0.1, -0.05) is 41.4 Å². The average molecular weight is 316 g/mol. The van der Waals surface area contributed by atoms with E-state index in [4.69, 9.17) is 23.2 Å². The normalized spacial score (nSPS) is 12.4. The van der Waals surface area contributed by atoms with Crippen LogP contribution in [-0.4, -0.2) is 7.05 Å². The maximum absolute atomic E-state index is 13.7. The minimum atomic E-state index is -0.859. The molecule has 0 aromatic heterocycles. The molecule has 2 rings (SSSR count). The lowest BCUT2D eigenvalue weighted by Crippen LogP contribution is -2.20. The lowest BCUT2D eigenvalue weighted by atomic mass is 9.98. The van der Waals surface area contributed by atoms with Crippen molar-refractivity contribution in [2.24, 2.45) is 0 Å². The van der Waals surface area contributed by atoms with Crippen molar-refractivity contribution in [3.05, 3.63) is 69.2 Å². The van der Waals surface area contributed by atoms with Crippen molar-refractivity contribution in [2.75, 3.05) is 7.05 Å². The first kappa shape index (κ1) is 15.2. The molecule has 0 bridgehead atoms. The Morgan fingerprint density at radius 2 is 1.65 bits per heavy atom. The zero-order valence-corrected chi connectivity index (χ0v) is 12.3. The van der Waals surface area contributed by atoms with Crippen LogP contribution in [0.3, 0.4) is 0 Å². The third-order valence-electron chi connectivity index (χ3n) is 3.15. The summed E-state index contributed by atoms with van der Waals surface area (Å²) in [7, 11) is 1.72. The average Bonchev–Trinajstić information content (AvgIpc) is 2.42. The zero-order chi connectivity index (χ0) is 14.7. The molecule has 1 N–H and O–H groups in total. The minimum Gasteiger partial charge on any atom is -0.313 e. The van der Waals surface area contributed by atoms with Crippen molar-refractivity contribution >= 4 is 23.2 Å². The maximum atomic E-state index is 13.7. The fourth-order valence-electron chi connectivity index (χ4n) is 2.12. The van der Waals surface area contributed by atoms with Crippen LogP contribution < -0.4 is 5.32 Å². The molecule has 0 amide bonds. The van der Waals surface area contributed by atoms with Crippen molar-refractivity contribution in [2.45, 2.75) is 12.5 Å². The highest BCUT2D eigenvalue weighted by molar-refractivity contribution is 6.36. The van der Waals surface area contributed by atoms with E-state index >= 15 is 0 Å². The standard InChI is InChI=1S/C15H13Cl2F2N/c1-20-13(14-10(16)5-3-6-11(14)17)8-9-4-2-7-12(18)15(9)19/h2-7,13,20H,8H2,1H3. The van der Waals surface area contributed by atoms with E-state index in [0.29, 0.717) is 15.6 Å². The van der Waals surface area contributed by atoms with Gasteiger partial charge in [0.25, 0.3) is 0 Å². The van der Waals surface area contributed by atoms with Crippen LogP contribution in [0.5, 0.6) is 0 Å². The van der Waals surface area contributed by atoms with E-state index in [2.05, 4.69) is 5.32 Å². The Morgan fingerprint density at radius 1 is 1.05 bits per heavy atom. The van der Waals surface area contributed by atoms with Crippen molar-refractivity contribution in [3.63, 3.8) is 0 Å². The zero-order valence-electron chi connectivity index (χ0n) is 10.8.